The summed E-state index contributed by atoms with van der Waals surface area (Å²) in [5, 5.41) is 17.2. The second kappa shape index (κ2) is 5.17. The minimum Gasteiger partial charge on any atom is -0.449 e. The lowest BCUT2D eigenvalue weighted by Crippen LogP contribution is -2.05. The van der Waals surface area contributed by atoms with Crippen molar-refractivity contribution in [1.29, 1.82) is 0 Å². The fourth-order valence-corrected chi connectivity index (χ4v) is 1.87. The summed E-state index contributed by atoms with van der Waals surface area (Å²) in [5.74, 6) is 1.39. The molecule has 3 rings (SSSR count). The van der Waals surface area contributed by atoms with E-state index < -0.39 is 12.3 Å². The molecule has 22 heavy (non-hydrogen) atoms. The zero-order valence-corrected chi connectivity index (χ0v) is 10.8. The van der Waals surface area contributed by atoms with E-state index >= 15 is 0 Å². The third-order valence-electron chi connectivity index (χ3n) is 2.68. The molecule has 0 unspecified atom stereocenters. The van der Waals surface area contributed by atoms with E-state index in [9.17, 15) is 9.59 Å². The molecule has 0 aromatic heterocycles. The van der Waals surface area contributed by atoms with Crippen LogP contribution >= 0.6 is 0 Å². The molecule has 0 radical (unpaired) electrons. The third kappa shape index (κ3) is 2.70. The molecule has 2 aromatic rings. The molecule has 0 atom stereocenters. The fourth-order valence-electron chi connectivity index (χ4n) is 1.87. The minimum atomic E-state index is -1.44. The summed E-state index contributed by atoms with van der Waals surface area (Å²) in [6.45, 7) is 0. The molecule has 2 aromatic carbocycles. The van der Waals surface area contributed by atoms with E-state index in [4.69, 9.17) is 19.7 Å². The van der Waals surface area contributed by atoms with Crippen molar-refractivity contribution < 1.29 is 38.7 Å². The molecule has 0 fully saturated rings. The van der Waals surface area contributed by atoms with Gasteiger partial charge in [0.2, 0.25) is 0 Å². The fraction of sp³-hybridized carbons (Fsp3) is 0. The van der Waals surface area contributed by atoms with Crippen LogP contribution in [0, 0.1) is 0 Å². The van der Waals surface area contributed by atoms with Gasteiger partial charge in [-0.1, -0.05) is 0 Å². The Morgan fingerprint density at radius 1 is 0.727 bits per heavy atom. The van der Waals surface area contributed by atoms with Crippen molar-refractivity contribution >= 4 is 12.3 Å². The van der Waals surface area contributed by atoms with Crippen LogP contribution in [0.15, 0.2) is 36.4 Å². The van der Waals surface area contributed by atoms with Crippen LogP contribution in [-0.2, 0) is 0 Å². The van der Waals surface area contributed by atoms with Crippen LogP contribution in [0.4, 0.5) is 9.59 Å². The molecular weight excluding hydrogens is 296 g/mol. The molecule has 8 nitrogen and oxygen atoms in total. The molecular formula is C14H8O8. The average Bonchev–Trinajstić information content (AvgIpc) is 2.44. The van der Waals surface area contributed by atoms with Crippen molar-refractivity contribution in [2.24, 2.45) is 0 Å². The lowest BCUT2D eigenvalue weighted by atomic mass is 10.2. The molecule has 8 heteroatoms. The number of rotatable bonds is 2. The normalized spacial score (nSPS) is 11.3. The molecule has 0 saturated carbocycles. The summed E-state index contributed by atoms with van der Waals surface area (Å²) in [5.41, 5.74) is 0. The van der Waals surface area contributed by atoms with E-state index in [1.54, 1.807) is 0 Å². The molecule has 1 aliphatic heterocycles. The Morgan fingerprint density at radius 3 is 1.50 bits per heavy atom. The van der Waals surface area contributed by atoms with Gasteiger partial charge >= 0.3 is 12.3 Å². The number of hydrogen-bond donors (Lipinski definition) is 2. The van der Waals surface area contributed by atoms with E-state index in [2.05, 4.69) is 9.47 Å². The summed E-state index contributed by atoms with van der Waals surface area (Å²) in [6, 6.07) is 8.49. The first-order valence-electron chi connectivity index (χ1n) is 5.96. The Kier molecular flexibility index (Phi) is 3.18. The summed E-state index contributed by atoms with van der Waals surface area (Å²) >= 11 is 0. The molecule has 0 amide bonds. The smallest absolute Gasteiger partial charge is 0.449 e. The highest BCUT2D eigenvalue weighted by atomic mass is 16.7. The standard InChI is InChI=1S/C14H8O8/c15-13(16)19-7-1-3-9-11(5-7)22-10-4-2-8(20-14(17)18)6-12(10)21-9/h1-6H,(H,15,16)(H,17,18). The van der Waals surface area contributed by atoms with Crippen molar-refractivity contribution in [3.8, 4) is 34.5 Å². The first-order chi connectivity index (χ1) is 10.5. The maximum absolute atomic E-state index is 10.5. The molecule has 0 bridgehead atoms. The first-order valence-corrected chi connectivity index (χ1v) is 5.96. The number of fused-ring (bicyclic) bond motifs is 2. The highest BCUT2D eigenvalue weighted by molar-refractivity contribution is 5.65. The van der Waals surface area contributed by atoms with Gasteiger partial charge in [0.1, 0.15) is 11.5 Å². The summed E-state index contributed by atoms with van der Waals surface area (Å²) in [6.07, 6.45) is -2.87. The maximum Gasteiger partial charge on any atom is 0.511 e. The number of carbonyl (C=O) groups is 2. The number of ether oxygens (including phenoxy) is 4. The predicted octanol–water partition coefficient (Wildman–Crippen LogP) is 3.70. The van der Waals surface area contributed by atoms with Gasteiger partial charge in [-0.15, -0.1) is 0 Å². The number of benzene rings is 2. The summed E-state index contributed by atoms with van der Waals surface area (Å²) in [7, 11) is 0. The SMILES string of the molecule is O=C(O)Oc1ccc2c(c1)Oc1ccc(OC(=O)O)cc1O2. The van der Waals surface area contributed by atoms with Crippen molar-refractivity contribution in [1.82, 2.24) is 0 Å². The monoisotopic (exact) mass is 304 g/mol. The lowest BCUT2D eigenvalue weighted by Gasteiger charge is -2.21. The average molecular weight is 304 g/mol. The van der Waals surface area contributed by atoms with Gasteiger partial charge in [-0.25, -0.2) is 9.59 Å². The van der Waals surface area contributed by atoms with Crippen LogP contribution in [0.25, 0.3) is 0 Å². The van der Waals surface area contributed by atoms with Gasteiger partial charge in [-0.3, -0.25) is 0 Å². The van der Waals surface area contributed by atoms with Crippen LogP contribution in [0.1, 0.15) is 0 Å². The van der Waals surface area contributed by atoms with Crippen molar-refractivity contribution in [3.63, 3.8) is 0 Å². The molecule has 1 aliphatic rings. The topological polar surface area (TPSA) is 112 Å². The summed E-state index contributed by atoms with van der Waals surface area (Å²) < 4.78 is 20.2. The van der Waals surface area contributed by atoms with Crippen LogP contribution in [0.2, 0.25) is 0 Å². The Morgan fingerprint density at radius 2 is 1.14 bits per heavy atom. The first kappa shape index (κ1) is 13.6. The van der Waals surface area contributed by atoms with Crippen molar-refractivity contribution in [2.75, 3.05) is 0 Å². The van der Waals surface area contributed by atoms with Crippen LogP contribution in [-0.4, -0.2) is 22.5 Å². The van der Waals surface area contributed by atoms with Crippen LogP contribution in [0.3, 0.4) is 0 Å². The second-order valence-corrected chi connectivity index (χ2v) is 4.16. The Hall–Kier alpha value is -3.42. The summed E-state index contributed by atoms with van der Waals surface area (Å²) in [4.78, 5) is 21.0. The minimum absolute atomic E-state index is 0.0872. The maximum atomic E-state index is 10.5. The van der Waals surface area contributed by atoms with Gasteiger partial charge in [-0.05, 0) is 24.3 Å². The highest BCUT2D eigenvalue weighted by Gasteiger charge is 2.21. The van der Waals surface area contributed by atoms with E-state index in [1.807, 2.05) is 0 Å². The zero-order chi connectivity index (χ0) is 15.7. The number of carboxylic acid groups (broad SMARTS) is 2. The second-order valence-electron chi connectivity index (χ2n) is 4.16. The third-order valence-corrected chi connectivity index (χ3v) is 2.68. The van der Waals surface area contributed by atoms with E-state index in [1.165, 1.54) is 36.4 Å². The Bertz CT molecular complexity index is 702. The molecule has 112 valence electrons. The predicted molar refractivity (Wildman–Crippen MR) is 70.3 cm³/mol. The Balaban J connectivity index is 1.88. The highest BCUT2D eigenvalue weighted by Crippen LogP contribution is 2.47. The van der Waals surface area contributed by atoms with E-state index in [0.717, 1.165) is 0 Å². The molecule has 2 N–H and O–H groups in total. The van der Waals surface area contributed by atoms with Gasteiger partial charge in [0, 0.05) is 12.1 Å². The molecule has 1 heterocycles. The molecule has 0 spiro atoms. The van der Waals surface area contributed by atoms with Crippen molar-refractivity contribution in [2.45, 2.75) is 0 Å². The molecule has 0 aliphatic carbocycles. The van der Waals surface area contributed by atoms with Crippen molar-refractivity contribution in [3.05, 3.63) is 36.4 Å². The lowest BCUT2D eigenvalue weighted by molar-refractivity contribution is 0.142. The van der Waals surface area contributed by atoms with Gasteiger partial charge in [0.15, 0.2) is 23.0 Å². The van der Waals surface area contributed by atoms with E-state index in [-0.39, 0.29) is 23.0 Å². The quantitative estimate of drug-likeness (QED) is 0.544. The van der Waals surface area contributed by atoms with E-state index in [0.29, 0.717) is 11.5 Å². The zero-order valence-electron chi connectivity index (χ0n) is 10.8. The van der Waals surface area contributed by atoms with Crippen LogP contribution in [0.5, 0.6) is 34.5 Å². The molecule has 0 saturated heterocycles. The number of hydrogen-bond acceptors (Lipinski definition) is 6. The van der Waals surface area contributed by atoms with Gasteiger partial charge in [0.25, 0.3) is 0 Å². The van der Waals surface area contributed by atoms with Gasteiger partial charge in [-0.2, -0.15) is 0 Å². The van der Waals surface area contributed by atoms with Crippen LogP contribution < -0.4 is 18.9 Å². The van der Waals surface area contributed by atoms with Gasteiger partial charge < -0.3 is 29.2 Å². The largest absolute Gasteiger partial charge is 0.511 e. The Labute approximate surface area is 123 Å². The van der Waals surface area contributed by atoms with Gasteiger partial charge in [0.05, 0.1) is 0 Å².